The molecule has 0 bridgehead atoms. The predicted molar refractivity (Wildman–Crippen MR) is 55.2 cm³/mol. The summed E-state index contributed by atoms with van der Waals surface area (Å²) in [4.78, 5) is 0. The summed E-state index contributed by atoms with van der Waals surface area (Å²) in [5, 5.41) is 0.665. The average molecular weight is 200 g/mol. The van der Waals surface area contributed by atoms with Gasteiger partial charge in [0.1, 0.15) is 5.75 Å². The quantitative estimate of drug-likeness (QED) is 0.813. The zero-order valence-corrected chi connectivity index (χ0v) is 8.64. The Bertz CT molecular complexity index is 288. The summed E-state index contributed by atoms with van der Waals surface area (Å²) < 4.78 is 5.09. The van der Waals surface area contributed by atoms with Crippen molar-refractivity contribution in [2.24, 2.45) is 5.73 Å². The summed E-state index contributed by atoms with van der Waals surface area (Å²) in [5.41, 5.74) is 6.89. The van der Waals surface area contributed by atoms with E-state index in [1.165, 1.54) is 0 Å². The Balaban J connectivity index is 3.01. The highest BCUT2D eigenvalue weighted by Crippen LogP contribution is 2.24. The number of ether oxygens (including phenoxy) is 1. The Hall–Kier alpha value is -0.730. The summed E-state index contributed by atoms with van der Waals surface area (Å²) in [6.07, 6.45) is 0.892. The highest BCUT2D eigenvalue weighted by molar-refractivity contribution is 6.30. The lowest BCUT2D eigenvalue weighted by Crippen LogP contribution is -2.08. The van der Waals surface area contributed by atoms with E-state index in [-0.39, 0.29) is 6.04 Å². The van der Waals surface area contributed by atoms with E-state index < -0.39 is 0 Å². The van der Waals surface area contributed by atoms with Gasteiger partial charge in [-0.25, -0.2) is 0 Å². The minimum Gasteiger partial charge on any atom is -0.497 e. The molecule has 72 valence electrons. The number of nitrogens with two attached hydrogens (primary N) is 1. The molecule has 0 saturated heterocycles. The van der Waals surface area contributed by atoms with Crippen molar-refractivity contribution in [3.05, 3.63) is 28.8 Å². The molecule has 1 atom stereocenters. The molecule has 2 N–H and O–H groups in total. The van der Waals surface area contributed by atoms with Gasteiger partial charge in [-0.05, 0) is 30.2 Å². The van der Waals surface area contributed by atoms with Crippen LogP contribution in [0.25, 0.3) is 0 Å². The van der Waals surface area contributed by atoms with Gasteiger partial charge in [-0.3, -0.25) is 0 Å². The zero-order valence-electron chi connectivity index (χ0n) is 7.88. The number of rotatable bonds is 3. The molecule has 0 aliphatic carbocycles. The molecule has 0 radical (unpaired) electrons. The van der Waals surface area contributed by atoms with E-state index in [9.17, 15) is 0 Å². The first-order chi connectivity index (χ1) is 6.17. The summed E-state index contributed by atoms with van der Waals surface area (Å²) in [7, 11) is 1.62. The van der Waals surface area contributed by atoms with Crippen LogP contribution in [0.15, 0.2) is 18.2 Å². The average Bonchev–Trinajstić information content (AvgIpc) is 2.15. The number of hydrogen-bond acceptors (Lipinski definition) is 2. The van der Waals surface area contributed by atoms with Gasteiger partial charge in [-0.15, -0.1) is 0 Å². The van der Waals surface area contributed by atoms with Gasteiger partial charge in [0.25, 0.3) is 0 Å². The van der Waals surface area contributed by atoms with E-state index >= 15 is 0 Å². The van der Waals surface area contributed by atoms with Crippen molar-refractivity contribution in [2.45, 2.75) is 19.4 Å². The maximum Gasteiger partial charge on any atom is 0.120 e. The maximum absolute atomic E-state index is 5.89. The van der Waals surface area contributed by atoms with Crippen molar-refractivity contribution in [3.8, 4) is 5.75 Å². The van der Waals surface area contributed by atoms with E-state index in [1.807, 2.05) is 19.1 Å². The Kier molecular flexibility index (Phi) is 3.58. The fourth-order valence-electron chi connectivity index (χ4n) is 1.15. The van der Waals surface area contributed by atoms with Crippen LogP contribution in [0.3, 0.4) is 0 Å². The zero-order chi connectivity index (χ0) is 9.84. The second kappa shape index (κ2) is 4.49. The summed E-state index contributed by atoms with van der Waals surface area (Å²) in [5.74, 6) is 0.756. The van der Waals surface area contributed by atoms with Crippen LogP contribution in [0.2, 0.25) is 5.02 Å². The van der Waals surface area contributed by atoms with Gasteiger partial charge in [0, 0.05) is 11.1 Å². The van der Waals surface area contributed by atoms with E-state index in [0.717, 1.165) is 17.7 Å². The standard InChI is InChI=1S/C10H14ClNO/c1-3-10(12)7-4-8(11)6-9(5-7)13-2/h4-6,10H,3,12H2,1-2H3/t10-/m1/s1. The van der Waals surface area contributed by atoms with Gasteiger partial charge in [-0.2, -0.15) is 0 Å². The molecule has 0 aliphatic rings. The van der Waals surface area contributed by atoms with Crippen molar-refractivity contribution in [1.29, 1.82) is 0 Å². The molecule has 0 aliphatic heterocycles. The Morgan fingerprint density at radius 2 is 2.15 bits per heavy atom. The summed E-state index contributed by atoms with van der Waals surface area (Å²) >= 11 is 5.89. The fraction of sp³-hybridized carbons (Fsp3) is 0.400. The van der Waals surface area contributed by atoms with Gasteiger partial charge < -0.3 is 10.5 Å². The molecular weight excluding hydrogens is 186 g/mol. The number of methoxy groups -OCH3 is 1. The topological polar surface area (TPSA) is 35.2 Å². The van der Waals surface area contributed by atoms with E-state index in [4.69, 9.17) is 22.1 Å². The van der Waals surface area contributed by atoms with Crippen molar-refractivity contribution in [3.63, 3.8) is 0 Å². The molecule has 0 saturated carbocycles. The summed E-state index contributed by atoms with van der Waals surface area (Å²) in [6.45, 7) is 2.04. The number of benzene rings is 1. The molecule has 0 aromatic heterocycles. The maximum atomic E-state index is 5.89. The van der Waals surface area contributed by atoms with Crippen molar-refractivity contribution in [2.75, 3.05) is 7.11 Å². The lowest BCUT2D eigenvalue weighted by Gasteiger charge is -2.11. The molecule has 0 unspecified atom stereocenters. The molecule has 0 heterocycles. The first-order valence-electron chi connectivity index (χ1n) is 4.27. The third-order valence-electron chi connectivity index (χ3n) is 2.00. The molecule has 0 amide bonds. The molecule has 3 heteroatoms. The molecular formula is C10H14ClNO. The third-order valence-corrected chi connectivity index (χ3v) is 2.22. The van der Waals surface area contributed by atoms with Crippen LogP contribution in [-0.4, -0.2) is 7.11 Å². The highest BCUT2D eigenvalue weighted by Gasteiger charge is 2.05. The third kappa shape index (κ3) is 2.61. The number of hydrogen-bond donors (Lipinski definition) is 1. The fourth-order valence-corrected chi connectivity index (χ4v) is 1.39. The van der Waals surface area contributed by atoms with Gasteiger partial charge in [0.05, 0.1) is 7.11 Å². The minimum absolute atomic E-state index is 0.0348. The van der Waals surface area contributed by atoms with Crippen molar-refractivity contribution in [1.82, 2.24) is 0 Å². The van der Waals surface area contributed by atoms with Crippen LogP contribution in [0.5, 0.6) is 5.75 Å². The van der Waals surface area contributed by atoms with Gasteiger partial charge >= 0.3 is 0 Å². The second-order valence-electron chi connectivity index (χ2n) is 2.94. The Labute approximate surface area is 83.6 Å². The van der Waals surface area contributed by atoms with Crippen LogP contribution in [-0.2, 0) is 0 Å². The molecule has 0 fully saturated rings. The van der Waals surface area contributed by atoms with E-state index in [2.05, 4.69) is 0 Å². The Morgan fingerprint density at radius 1 is 1.46 bits per heavy atom. The van der Waals surface area contributed by atoms with Crippen molar-refractivity contribution >= 4 is 11.6 Å². The molecule has 1 aromatic carbocycles. The highest BCUT2D eigenvalue weighted by atomic mass is 35.5. The molecule has 1 aromatic rings. The van der Waals surface area contributed by atoms with Crippen molar-refractivity contribution < 1.29 is 4.74 Å². The van der Waals surface area contributed by atoms with Crippen LogP contribution in [0, 0.1) is 0 Å². The largest absolute Gasteiger partial charge is 0.497 e. The second-order valence-corrected chi connectivity index (χ2v) is 3.38. The summed E-state index contributed by atoms with van der Waals surface area (Å²) in [6, 6.07) is 5.60. The van der Waals surface area contributed by atoms with Crippen LogP contribution in [0.1, 0.15) is 24.9 Å². The van der Waals surface area contributed by atoms with E-state index in [0.29, 0.717) is 5.02 Å². The molecule has 2 nitrogen and oxygen atoms in total. The van der Waals surface area contributed by atoms with Gasteiger partial charge in [-0.1, -0.05) is 18.5 Å². The Morgan fingerprint density at radius 3 is 2.69 bits per heavy atom. The lowest BCUT2D eigenvalue weighted by molar-refractivity contribution is 0.413. The first kappa shape index (κ1) is 10.4. The molecule has 13 heavy (non-hydrogen) atoms. The van der Waals surface area contributed by atoms with Gasteiger partial charge in [0.15, 0.2) is 0 Å². The normalized spacial score (nSPS) is 12.6. The minimum atomic E-state index is 0.0348. The molecule has 0 spiro atoms. The monoisotopic (exact) mass is 199 g/mol. The van der Waals surface area contributed by atoms with E-state index in [1.54, 1.807) is 13.2 Å². The van der Waals surface area contributed by atoms with Gasteiger partial charge in [0.2, 0.25) is 0 Å². The first-order valence-corrected chi connectivity index (χ1v) is 4.65. The van der Waals surface area contributed by atoms with Crippen LogP contribution in [0.4, 0.5) is 0 Å². The van der Waals surface area contributed by atoms with Crippen LogP contribution < -0.4 is 10.5 Å². The lowest BCUT2D eigenvalue weighted by atomic mass is 10.1. The predicted octanol–water partition coefficient (Wildman–Crippen LogP) is 2.76. The number of halogens is 1. The smallest absolute Gasteiger partial charge is 0.120 e. The molecule has 1 rings (SSSR count). The SMILES string of the molecule is CC[C@@H](N)c1cc(Cl)cc(OC)c1. The van der Waals surface area contributed by atoms with Crippen LogP contribution >= 0.6 is 11.6 Å².